The van der Waals surface area contributed by atoms with Crippen molar-refractivity contribution in [3.05, 3.63) is 47.4 Å². The standard InChI is InChI=1S/C13H13FN2O3/c1-2-18-13(17)8-12-15-11(16-19-12)7-9-3-5-10(14)6-4-9/h3-6H,2,7-8H2,1H3. The van der Waals surface area contributed by atoms with E-state index >= 15 is 0 Å². The Hall–Kier alpha value is -2.24. The molecule has 0 N–H and O–H groups in total. The number of hydrogen-bond donors (Lipinski definition) is 0. The molecule has 1 heterocycles. The lowest BCUT2D eigenvalue weighted by molar-refractivity contribution is -0.142. The predicted molar refractivity (Wildman–Crippen MR) is 63.8 cm³/mol. The first-order chi connectivity index (χ1) is 9.17. The van der Waals surface area contributed by atoms with Gasteiger partial charge in [0.05, 0.1) is 6.61 Å². The fourth-order valence-corrected chi connectivity index (χ4v) is 1.55. The average molecular weight is 264 g/mol. The molecule has 0 aliphatic carbocycles. The Kier molecular flexibility index (Phi) is 4.22. The summed E-state index contributed by atoms with van der Waals surface area (Å²) >= 11 is 0. The second-order valence-electron chi connectivity index (χ2n) is 3.89. The van der Waals surface area contributed by atoms with Gasteiger partial charge in [0, 0.05) is 6.42 Å². The van der Waals surface area contributed by atoms with Gasteiger partial charge in [-0.05, 0) is 24.6 Å². The maximum Gasteiger partial charge on any atom is 0.315 e. The van der Waals surface area contributed by atoms with E-state index in [0.717, 1.165) is 5.56 Å². The van der Waals surface area contributed by atoms with Gasteiger partial charge in [-0.25, -0.2) is 4.39 Å². The van der Waals surface area contributed by atoms with Gasteiger partial charge in [0.2, 0.25) is 5.89 Å². The zero-order chi connectivity index (χ0) is 13.7. The summed E-state index contributed by atoms with van der Waals surface area (Å²) < 4.78 is 22.5. The normalized spacial score (nSPS) is 10.4. The molecule has 1 aromatic carbocycles. The van der Waals surface area contributed by atoms with Crippen LogP contribution in [0.1, 0.15) is 24.2 Å². The molecule has 0 aliphatic rings. The number of carbonyl (C=O) groups excluding carboxylic acids is 1. The summed E-state index contributed by atoms with van der Waals surface area (Å²) in [5.41, 5.74) is 0.866. The second kappa shape index (κ2) is 6.08. The number of carbonyl (C=O) groups is 1. The van der Waals surface area contributed by atoms with Gasteiger partial charge in [-0.2, -0.15) is 4.98 Å². The number of hydrogen-bond acceptors (Lipinski definition) is 5. The van der Waals surface area contributed by atoms with Gasteiger partial charge in [0.1, 0.15) is 12.2 Å². The van der Waals surface area contributed by atoms with Crippen LogP contribution >= 0.6 is 0 Å². The minimum atomic E-state index is -0.403. The molecule has 0 spiro atoms. The van der Waals surface area contributed by atoms with Crippen molar-refractivity contribution in [2.24, 2.45) is 0 Å². The molecule has 0 radical (unpaired) electrons. The summed E-state index contributed by atoms with van der Waals surface area (Å²) in [6, 6.07) is 6.04. The molecule has 100 valence electrons. The number of ether oxygens (including phenoxy) is 1. The maximum atomic E-state index is 12.7. The fourth-order valence-electron chi connectivity index (χ4n) is 1.55. The molecule has 2 aromatic rings. The first kappa shape index (κ1) is 13.2. The highest BCUT2D eigenvalue weighted by Crippen LogP contribution is 2.08. The minimum absolute atomic E-state index is 0.0374. The van der Waals surface area contributed by atoms with Gasteiger partial charge in [0.25, 0.3) is 0 Å². The van der Waals surface area contributed by atoms with Crippen LogP contribution in [0.3, 0.4) is 0 Å². The third kappa shape index (κ3) is 3.87. The SMILES string of the molecule is CCOC(=O)Cc1nc(Cc2ccc(F)cc2)no1. The quantitative estimate of drug-likeness (QED) is 0.772. The van der Waals surface area contributed by atoms with Crippen molar-refractivity contribution in [1.82, 2.24) is 10.1 Å². The molecule has 0 aliphatic heterocycles. The molecule has 0 saturated heterocycles. The summed E-state index contributed by atoms with van der Waals surface area (Å²) in [4.78, 5) is 15.3. The minimum Gasteiger partial charge on any atom is -0.466 e. The summed E-state index contributed by atoms with van der Waals surface area (Å²) in [6.45, 7) is 2.04. The van der Waals surface area contributed by atoms with Gasteiger partial charge in [0.15, 0.2) is 5.82 Å². The van der Waals surface area contributed by atoms with Crippen LogP contribution in [0.2, 0.25) is 0 Å². The van der Waals surface area contributed by atoms with Crippen LogP contribution in [0.4, 0.5) is 4.39 Å². The predicted octanol–water partition coefficient (Wildman–Crippen LogP) is 1.91. The van der Waals surface area contributed by atoms with E-state index in [1.165, 1.54) is 12.1 Å². The van der Waals surface area contributed by atoms with Crippen molar-refractivity contribution >= 4 is 5.97 Å². The van der Waals surface area contributed by atoms with Gasteiger partial charge in [-0.3, -0.25) is 4.79 Å². The van der Waals surface area contributed by atoms with Crippen molar-refractivity contribution < 1.29 is 18.4 Å². The molecule has 0 saturated carbocycles. The van der Waals surface area contributed by atoms with Crippen LogP contribution in [-0.4, -0.2) is 22.7 Å². The molecule has 1 aromatic heterocycles. The molecule has 0 atom stereocenters. The molecule has 0 unspecified atom stereocenters. The van der Waals surface area contributed by atoms with E-state index in [1.807, 2.05) is 0 Å². The first-order valence-corrected chi connectivity index (χ1v) is 5.89. The number of nitrogens with zero attached hydrogens (tertiary/aromatic N) is 2. The van der Waals surface area contributed by atoms with Gasteiger partial charge in [-0.15, -0.1) is 0 Å². The van der Waals surface area contributed by atoms with Crippen molar-refractivity contribution in [2.45, 2.75) is 19.8 Å². The van der Waals surface area contributed by atoms with Crippen LogP contribution in [0.5, 0.6) is 0 Å². The summed E-state index contributed by atoms with van der Waals surface area (Å²) in [5, 5.41) is 3.76. The average Bonchev–Trinajstić information content (AvgIpc) is 2.80. The maximum absolute atomic E-state index is 12.7. The lowest BCUT2D eigenvalue weighted by Crippen LogP contribution is -2.07. The zero-order valence-corrected chi connectivity index (χ0v) is 10.4. The van der Waals surface area contributed by atoms with E-state index in [0.29, 0.717) is 18.9 Å². The van der Waals surface area contributed by atoms with Crippen LogP contribution in [0.25, 0.3) is 0 Å². The lowest BCUT2D eigenvalue weighted by atomic mass is 10.1. The van der Waals surface area contributed by atoms with Crippen LogP contribution in [0, 0.1) is 5.82 Å². The smallest absolute Gasteiger partial charge is 0.315 e. The summed E-state index contributed by atoms with van der Waals surface area (Å²) in [6.07, 6.45) is 0.386. The highest BCUT2D eigenvalue weighted by Gasteiger charge is 2.12. The first-order valence-electron chi connectivity index (χ1n) is 5.89. The molecule has 0 fully saturated rings. The number of aromatic nitrogens is 2. The van der Waals surface area contributed by atoms with E-state index in [-0.39, 0.29) is 18.1 Å². The van der Waals surface area contributed by atoms with E-state index in [4.69, 9.17) is 9.26 Å². The lowest BCUT2D eigenvalue weighted by Gasteiger charge is -1.96. The fraction of sp³-hybridized carbons (Fsp3) is 0.308. The summed E-state index contributed by atoms with van der Waals surface area (Å²) in [7, 11) is 0. The Bertz CT molecular complexity index is 551. The molecule has 6 heteroatoms. The largest absolute Gasteiger partial charge is 0.466 e. The molecule has 19 heavy (non-hydrogen) atoms. The Morgan fingerprint density at radius 3 is 2.79 bits per heavy atom. The topological polar surface area (TPSA) is 65.2 Å². The highest BCUT2D eigenvalue weighted by atomic mass is 19.1. The number of benzene rings is 1. The van der Waals surface area contributed by atoms with E-state index in [2.05, 4.69) is 10.1 Å². The zero-order valence-electron chi connectivity index (χ0n) is 10.4. The molecular weight excluding hydrogens is 251 g/mol. The van der Waals surface area contributed by atoms with Gasteiger partial charge < -0.3 is 9.26 Å². The molecule has 0 amide bonds. The number of esters is 1. The van der Waals surface area contributed by atoms with Gasteiger partial charge in [-0.1, -0.05) is 17.3 Å². The molecule has 5 nitrogen and oxygen atoms in total. The van der Waals surface area contributed by atoms with Crippen molar-refractivity contribution in [3.8, 4) is 0 Å². The van der Waals surface area contributed by atoms with Crippen LogP contribution in [-0.2, 0) is 22.4 Å². The summed E-state index contributed by atoms with van der Waals surface area (Å²) in [5.74, 6) is -0.0270. The van der Waals surface area contributed by atoms with Crippen LogP contribution in [0.15, 0.2) is 28.8 Å². The molecule has 0 bridgehead atoms. The number of rotatable bonds is 5. The third-order valence-corrected chi connectivity index (χ3v) is 2.39. The highest BCUT2D eigenvalue weighted by molar-refractivity contribution is 5.71. The Morgan fingerprint density at radius 1 is 1.37 bits per heavy atom. The van der Waals surface area contributed by atoms with E-state index in [9.17, 15) is 9.18 Å². The number of halogens is 1. The van der Waals surface area contributed by atoms with Crippen molar-refractivity contribution in [2.75, 3.05) is 6.61 Å². The molecule has 2 rings (SSSR count). The van der Waals surface area contributed by atoms with E-state index < -0.39 is 5.97 Å². The van der Waals surface area contributed by atoms with E-state index in [1.54, 1.807) is 19.1 Å². The van der Waals surface area contributed by atoms with Crippen LogP contribution < -0.4 is 0 Å². The Labute approximate surface area is 109 Å². The van der Waals surface area contributed by atoms with Crippen molar-refractivity contribution in [1.29, 1.82) is 0 Å². The Morgan fingerprint density at radius 2 is 2.11 bits per heavy atom. The second-order valence-corrected chi connectivity index (χ2v) is 3.89. The monoisotopic (exact) mass is 264 g/mol. The molecular formula is C13H13FN2O3. The van der Waals surface area contributed by atoms with Crippen molar-refractivity contribution in [3.63, 3.8) is 0 Å². The Balaban J connectivity index is 1.97. The third-order valence-electron chi connectivity index (χ3n) is 2.39. The van der Waals surface area contributed by atoms with Gasteiger partial charge >= 0.3 is 5.97 Å².